The second-order valence-electron chi connectivity index (χ2n) is 6.10. The smallest absolute Gasteiger partial charge is 0.190 e. The van der Waals surface area contributed by atoms with Crippen molar-refractivity contribution in [2.75, 3.05) is 6.61 Å². The first kappa shape index (κ1) is 16.6. The standard InChI is InChI=1S/C20H19ClN2OS/c21-16-10-8-15(9-11-16)19-14-25-20(22-17-5-2-1-3-6-17)23(19)13-18-7-4-12-24-18/h1-3,5-6,8-11,14,18H,4,7,12-13H2/t18-/m0/s1. The van der Waals surface area contributed by atoms with Crippen molar-refractivity contribution >= 4 is 28.6 Å². The van der Waals surface area contributed by atoms with Gasteiger partial charge >= 0.3 is 0 Å². The Balaban J connectivity index is 1.78. The molecule has 0 aliphatic carbocycles. The van der Waals surface area contributed by atoms with Crippen LogP contribution >= 0.6 is 22.9 Å². The van der Waals surface area contributed by atoms with Crippen molar-refractivity contribution in [1.29, 1.82) is 0 Å². The Morgan fingerprint density at radius 2 is 1.92 bits per heavy atom. The summed E-state index contributed by atoms with van der Waals surface area (Å²) in [7, 11) is 0. The van der Waals surface area contributed by atoms with Gasteiger partial charge in [-0.2, -0.15) is 0 Å². The minimum atomic E-state index is 0.260. The lowest BCUT2D eigenvalue weighted by atomic mass is 10.1. The molecule has 5 heteroatoms. The molecule has 2 aromatic carbocycles. The van der Waals surface area contributed by atoms with Crippen molar-refractivity contribution in [3.63, 3.8) is 0 Å². The summed E-state index contributed by atoms with van der Waals surface area (Å²) < 4.78 is 8.14. The number of benzene rings is 2. The highest BCUT2D eigenvalue weighted by atomic mass is 35.5. The van der Waals surface area contributed by atoms with Crippen LogP contribution in [0.3, 0.4) is 0 Å². The Morgan fingerprint density at radius 1 is 1.12 bits per heavy atom. The SMILES string of the molecule is Clc1ccc(-c2csc(=Nc3ccccc3)n2C[C@@H]2CCCO2)cc1. The summed E-state index contributed by atoms with van der Waals surface area (Å²) in [5, 5.41) is 2.92. The maximum atomic E-state index is 6.05. The second kappa shape index (κ2) is 7.56. The van der Waals surface area contributed by atoms with E-state index >= 15 is 0 Å². The lowest BCUT2D eigenvalue weighted by Crippen LogP contribution is -2.23. The van der Waals surface area contributed by atoms with E-state index in [2.05, 4.69) is 22.1 Å². The molecular weight excluding hydrogens is 352 g/mol. The van der Waals surface area contributed by atoms with Crippen LogP contribution in [-0.2, 0) is 11.3 Å². The van der Waals surface area contributed by atoms with Gasteiger partial charge in [-0.1, -0.05) is 41.9 Å². The van der Waals surface area contributed by atoms with Crippen LogP contribution < -0.4 is 4.80 Å². The van der Waals surface area contributed by atoms with E-state index in [4.69, 9.17) is 21.3 Å². The van der Waals surface area contributed by atoms with Crippen LogP contribution in [0.4, 0.5) is 5.69 Å². The van der Waals surface area contributed by atoms with Crippen LogP contribution in [0.15, 0.2) is 65.0 Å². The molecule has 128 valence electrons. The number of thiazole rings is 1. The predicted molar refractivity (Wildman–Crippen MR) is 103 cm³/mol. The summed E-state index contributed by atoms with van der Waals surface area (Å²) in [6.45, 7) is 1.68. The molecule has 4 rings (SSSR count). The van der Waals surface area contributed by atoms with Gasteiger partial charge in [-0.25, -0.2) is 4.99 Å². The summed E-state index contributed by atoms with van der Waals surface area (Å²) >= 11 is 7.71. The largest absolute Gasteiger partial charge is 0.376 e. The molecule has 1 aromatic heterocycles. The molecule has 0 radical (unpaired) electrons. The molecule has 0 amide bonds. The zero-order valence-electron chi connectivity index (χ0n) is 13.8. The van der Waals surface area contributed by atoms with E-state index in [0.29, 0.717) is 0 Å². The molecule has 1 saturated heterocycles. The Morgan fingerprint density at radius 3 is 2.64 bits per heavy atom. The summed E-state index contributed by atoms with van der Waals surface area (Å²) in [6.07, 6.45) is 2.50. The topological polar surface area (TPSA) is 26.5 Å². The molecular formula is C20H19ClN2OS. The maximum Gasteiger partial charge on any atom is 0.190 e. The van der Waals surface area contributed by atoms with Gasteiger partial charge in [0.25, 0.3) is 0 Å². The van der Waals surface area contributed by atoms with Crippen molar-refractivity contribution in [3.05, 3.63) is 69.8 Å². The summed E-state index contributed by atoms with van der Waals surface area (Å²) in [6, 6.07) is 18.1. The first-order chi connectivity index (χ1) is 12.3. The van der Waals surface area contributed by atoms with Crippen LogP contribution in [-0.4, -0.2) is 17.3 Å². The number of aromatic nitrogens is 1. The van der Waals surface area contributed by atoms with Gasteiger partial charge in [0.05, 0.1) is 24.0 Å². The Labute approximate surface area is 156 Å². The van der Waals surface area contributed by atoms with E-state index in [-0.39, 0.29) is 6.10 Å². The number of ether oxygens (including phenoxy) is 1. The van der Waals surface area contributed by atoms with Crippen molar-refractivity contribution in [2.24, 2.45) is 4.99 Å². The van der Waals surface area contributed by atoms with Crippen molar-refractivity contribution in [1.82, 2.24) is 4.57 Å². The van der Waals surface area contributed by atoms with Crippen molar-refractivity contribution in [3.8, 4) is 11.3 Å². The molecule has 0 saturated carbocycles. The molecule has 3 aromatic rings. The number of nitrogens with zero attached hydrogens (tertiary/aromatic N) is 2. The van der Waals surface area contributed by atoms with E-state index in [1.54, 1.807) is 11.3 Å². The quantitative estimate of drug-likeness (QED) is 0.613. The zero-order chi connectivity index (χ0) is 17.1. The first-order valence-electron chi connectivity index (χ1n) is 8.45. The van der Waals surface area contributed by atoms with Crippen LogP contribution in [0.25, 0.3) is 11.3 Å². The predicted octanol–water partition coefficient (Wildman–Crippen LogP) is 5.28. The summed E-state index contributed by atoms with van der Waals surface area (Å²) in [4.78, 5) is 5.84. The average molecular weight is 371 g/mol. The first-order valence-corrected chi connectivity index (χ1v) is 9.71. The normalized spacial score (nSPS) is 18.0. The third kappa shape index (κ3) is 3.87. The van der Waals surface area contributed by atoms with Crippen LogP contribution in [0.5, 0.6) is 0 Å². The average Bonchev–Trinajstić information content (AvgIpc) is 3.28. The second-order valence-corrected chi connectivity index (χ2v) is 7.38. The van der Waals surface area contributed by atoms with E-state index in [9.17, 15) is 0 Å². The highest BCUT2D eigenvalue weighted by Gasteiger charge is 2.19. The molecule has 2 heterocycles. The minimum Gasteiger partial charge on any atom is -0.376 e. The van der Waals surface area contributed by atoms with E-state index in [1.807, 2.05) is 42.5 Å². The summed E-state index contributed by atoms with van der Waals surface area (Å²) in [5.74, 6) is 0. The molecule has 0 N–H and O–H groups in total. The lowest BCUT2D eigenvalue weighted by molar-refractivity contribution is 0.0968. The van der Waals surface area contributed by atoms with Gasteiger partial charge in [0.1, 0.15) is 0 Å². The van der Waals surface area contributed by atoms with E-state index in [1.165, 1.54) is 0 Å². The van der Waals surface area contributed by atoms with Crippen LogP contribution in [0.2, 0.25) is 5.02 Å². The van der Waals surface area contributed by atoms with E-state index < -0.39 is 0 Å². The van der Waals surface area contributed by atoms with Crippen LogP contribution in [0.1, 0.15) is 12.8 Å². The maximum absolute atomic E-state index is 6.05. The molecule has 0 bridgehead atoms. The van der Waals surface area contributed by atoms with Gasteiger partial charge in [0.15, 0.2) is 4.80 Å². The van der Waals surface area contributed by atoms with Gasteiger partial charge in [-0.15, -0.1) is 11.3 Å². The van der Waals surface area contributed by atoms with Gasteiger partial charge in [0, 0.05) is 17.0 Å². The van der Waals surface area contributed by atoms with Crippen molar-refractivity contribution in [2.45, 2.75) is 25.5 Å². The van der Waals surface area contributed by atoms with Gasteiger partial charge in [-0.3, -0.25) is 0 Å². The number of hydrogen-bond donors (Lipinski definition) is 0. The van der Waals surface area contributed by atoms with E-state index in [0.717, 1.165) is 52.8 Å². The van der Waals surface area contributed by atoms with Crippen molar-refractivity contribution < 1.29 is 4.74 Å². The highest BCUT2D eigenvalue weighted by molar-refractivity contribution is 7.07. The zero-order valence-corrected chi connectivity index (χ0v) is 15.3. The Hall–Kier alpha value is -1.88. The fourth-order valence-electron chi connectivity index (χ4n) is 3.05. The number of hydrogen-bond acceptors (Lipinski definition) is 3. The summed E-state index contributed by atoms with van der Waals surface area (Å²) in [5.41, 5.74) is 3.27. The minimum absolute atomic E-state index is 0.260. The third-order valence-electron chi connectivity index (χ3n) is 4.33. The molecule has 25 heavy (non-hydrogen) atoms. The highest BCUT2D eigenvalue weighted by Crippen LogP contribution is 2.24. The molecule has 1 aliphatic rings. The van der Waals surface area contributed by atoms with Gasteiger partial charge in [-0.05, 0) is 42.7 Å². The number of para-hydroxylation sites is 1. The lowest BCUT2D eigenvalue weighted by Gasteiger charge is -2.14. The Bertz CT molecular complexity index is 893. The van der Waals surface area contributed by atoms with Gasteiger partial charge in [0.2, 0.25) is 0 Å². The fourth-order valence-corrected chi connectivity index (χ4v) is 4.12. The monoisotopic (exact) mass is 370 g/mol. The fraction of sp³-hybridized carbons (Fsp3) is 0.250. The molecule has 3 nitrogen and oxygen atoms in total. The number of rotatable bonds is 4. The Kier molecular flexibility index (Phi) is 5.02. The molecule has 0 spiro atoms. The van der Waals surface area contributed by atoms with Gasteiger partial charge < -0.3 is 9.30 Å². The molecule has 1 atom stereocenters. The molecule has 0 unspecified atom stereocenters. The number of halogens is 1. The molecule has 1 fully saturated rings. The molecule has 1 aliphatic heterocycles. The third-order valence-corrected chi connectivity index (χ3v) is 5.44. The van der Waals surface area contributed by atoms with Crippen LogP contribution in [0, 0.1) is 0 Å².